The molecule has 0 spiro atoms. The highest BCUT2D eigenvalue weighted by molar-refractivity contribution is 7.89. The predicted octanol–water partition coefficient (Wildman–Crippen LogP) is 3.42. The summed E-state index contributed by atoms with van der Waals surface area (Å²) < 4.78 is 22.6. The second-order valence-electron chi connectivity index (χ2n) is 5.98. The van der Waals surface area contributed by atoms with Gasteiger partial charge in [0.05, 0.1) is 11.8 Å². The number of carbonyl (C=O) groups excluding carboxylic acids is 1. The first-order chi connectivity index (χ1) is 10.8. The molecule has 0 aliphatic heterocycles. The minimum Gasteiger partial charge on any atom is -0.344 e. The normalized spacial score (nSPS) is 13.0. The van der Waals surface area contributed by atoms with Gasteiger partial charge in [0.25, 0.3) is 5.91 Å². The van der Waals surface area contributed by atoms with E-state index < -0.39 is 9.84 Å². The zero-order valence-corrected chi connectivity index (χ0v) is 15.1. The molecule has 1 heterocycles. The molecular weight excluding hydrogens is 330 g/mol. The molecule has 2 rings (SSSR count). The SMILES string of the molecule is CC(C)[C@H](NC(=O)c1ccc(CS(C)(=O)=O)cc1)c1cccs1. The fraction of sp³-hybridized carbons (Fsp3) is 0.353. The Bertz CT molecular complexity index is 748. The molecule has 124 valence electrons. The molecule has 1 aromatic heterocycles. The standard InChI is InChI=1S/C17H21NO3S2/c1-12(2)16(15-5-4-10-22-15)18-17(19)14-8-6-13(7-9-14)11-23(3,20)21/h4-10,12,16H,11H2,1-3H3,(H,18,19)/t16-/m0/s1. The molecule has 1 atom stereocenters. The second-order valence-corrected chi connectivity index (χ2v) is 9.10. The Hall–Kier alpha value is -1.66. The Morgan fingerprint density at radius 2 is 1.83 bits per heavy atom. The highest BCUT2D eigenvalue weighted by atomic mass is 32.2. The summed E-state index contributed by atoms with van der Waals surface area (Å²) in [7, 11) is -3.07. The van der Waals surface area contributed by atoms with E-state index in [9.17, 15) is 13.2 Å². The van der Waals surface area contributed by atoms with Crippen molar-refractivity contribution >= 4 is 27.1 Å². The molecular formula is C17H21NO3S2. The summed E-state index contributed by atoms with van der Waals surface area (Å²) in [6, 6.07) is 10.7. The van der Waals surface area contributed by atoms with Gasteiger partial charge in [0.15, 0.2) is 9.84 Å². The molecule has 4 nitrogen and oxygen atoms in total. The highest BCUT2D eigenvalue weighted by Gasteiger charge is 2.20. The van der Waals surface area contributed by atoms with Gasteiger partial charge < -0.3 is 5.32 Å². The average molecular weight is 351 g/mol. The Labute approximate surface area is 141 Å². The minimum absolute atomic E-state index is 0.0152. The molecule has 0 bridgehead atoms. The molecule has 1 aromatic carbocycles. The minimum atomic E-state index is -3.07. The zero-order valence-electron chi connectivity index (χ0n) is 13.4. The van der Waals surface area contributed by atoms with Crippen molar-refractivity contribution in [3.05, 3.63) is 57.8 Å². The largest absolute Gasteiger partial charge is 0.344 e. The number of hydrogen-bond acceptors (Lipinski definition) is 4. The number of hydrogen-bond donors (Lipinski definition) is 1. The van der Waals surface area contributed by atoms with E-state index in [0.29, 0.717) is 11.1 Å². The number of nitrogens with one attached hydrogen (secondary N) is 1. The van der Waals surface area contributed by atoms with Gasteiger partial charge in [0, 0.05) is 16.7 Å². The topological polar surface area (TPSA) is 63.2 Å². The molecule has 0 aliphatic rings. The van der Waals surface area contributed by atoms with Gasteiger partial charge >= 0.3 is 0 Å². The Morgan fingerprint density at radius 3 is 2.30 bits per heavy atom. The molecule has 0 saturated carbocycles. The van der Waals surface area contributed by atoms with Crippen LogP contribution < -0.4 is 5.32 Å². The van der Waals surface area contributed by atoms with Gasteiger partial charge in [-0.3, -0.25) is 4.79 Å². The van der Waals surface area contributed by atoms with E-state index in [0.717, 1.165) is 4.88 Å². The lowest BCUT2D eigenvalue weighted by Crippen LogP contribution is -2.31. The van der Waals surface area contributed by atoms with Crippen molar-refractivity contribution in [3.63, 3.8) is 0 Å². The summed E-state index contributed by atoms with van der Waals surface area (Å²) >= 11 is 1.62. The third kappa shape index (κ3) is 5.18. The monoisotopic (exact) mass is 351 g/mol. The van der Waals surface area contributed by atoms with Gasteiger partial charge in [0.2, 0.25) is 0 Å². The summed E-state index contributed by atoms with van der Waals surface area (Å²) in [5.41, 5.74) is 1.21. The van der Waals surface area contributed by atoms with Crippen LogP contribution in [0.1, 0.15) is 40.7 Å². The van der Waals surface area contributed by atoms with Crippen molar-refractivity contribution < 1.29 is 13.2 Å². The van der Waals surface area contributed by atoms with Crippen LogP contribution in [0.15, 0.2) is 41.8 Å². The summed E-state index contributed by atoms with van der Waals surface area (Å²) in [5.74, 6) is 0.115. The van der Waals surface area contributed by atoms with E-state index in [1.807, 2.05) is 17.5 Å². The Morgan fingerprint density at radius 1 is 1.17 bits per heavy atom. The maximum absolute atomic E-state index is 12.4. The van der Waals surface area contributed by atoms with Crippen molar-refractivity contribution in [2.75, 3.05) is 6.26 Å². The van der Waals surface area contributed by atoms with Gasteiger partial charge in [-0.15, -0.1) is 11.3 Å². The lowest BCUT2D eigenvalue weighted by atomic mass is 10.0. The number of sulfone groups is 1. The van der Waals surface area contributed by atoms with Gasteiger partial charge in [-0.2, -0.15) is 0 Å². The molecule has 2 aromatic rings. The maximum Gasteiger partial charge on any atom is 0.251 e. The van der Waals surface area contributed by atoms with Crippen molar-refractivity contribution in [3.8, 4) is 0 Å². The smallest absolute Gasteiger partial charge is 0.251 e. The lowest BCUT2D eigenvalue weighted by Gasteiger charge is -2.21. The van der Waals surface area contributed by atoms with E-state index in [1.54, 1.807) is 35.6 Å². The Balaban J connectivity index is 2.11. The summed E-state index contributed by atoms with van der Waals surface area (Å²) in [4.78, 5) is 13.6. The van der Waals surface area contributed by atoms with E-state index in [2.05, 4.69) is 19.2 Å². The maximum atomic E-state index is 12.4. The van der Waals surface area contributed by atoms with Crippen LogP contribution in [0.3, 0.4) is 0 Å². The number of thiophene rings is 1. The van der Waals surface area contributed by atoms with Crippen molar-refractivity contribution in [1.29, 1.82) is 0 Å². The highest BCUT2D eigenvalue weighted by Crippen LogP contribution is 2.26. The molecule has 1 N–H and O–H groups in total. The van der Waals surface area contributed by atoms with Crippen LogP contribution >= 0.6 is 11.3 Å². The molecule has 0 aliphatic carbocycles. The molecule has 23 heavy (non-hydrogen) atoms. The molecule has 0 radical (unpaired) electrons. The van der Waals surface area contributed by atoms with E-state index >= 15 is 0 Å². The van der Waals surface area contributed by atoms with E-state index in [-0.39, 0.29) is 23.6 Å². The first-order valence-electron chi connectivity index (χ1n) is 7.37. The summed E-state index contributed by atoms with van der Waals surface area (Å²) in [5, 5.41) is 5.05. The lowest BCUT2D eigenvalue weighted by molar-refractivity contribution is 0.0926. The average Bonchev–Trinajstić information content (AvgIpc) is 2.97. The first kappa shape index (κ1) is 17.7. The number of carbonyl (C=O) groups is 1. The number of benzene rings is 1. The summed E-state index contributed by atoms with van der Waals surface area (Å²) in [6.07, 6.45) is 1.20. The van der Waals surface area contributed by atoms with E-state index in [4.69, 9.17) is 0 Å². The predicted molar refractivity (Wildman–Crippen MR) is 94.4 cm³/mol. The van der Waals surface area contributed by atoms with E-state index in [1.165, 1.54) is 6.26 Å². The van der Waals surface area contributed by atoms with Crippen LogP contribution in [0, 0.1) is 5.92 Å². The van der Waals surface area contributed by atoms with Crippen LogP contribution in [0.4, 0.5) is 0 Å². The van der Waals surface area contributed by atoms with Crippen LogP contribution in [0.25, 0.3) is 0 Å². The number of rotatable bonds is 6. The molecule has 0 unspecified atom stereocenters. The third-order valence-corrected chi connectivity index (χ3v) is 5.26. The van der Waals surface area contributed by atoms with Crippen LogP contribution in [0.5, 0.6) is 0 Å². The van der Waals surface area contributed by atoms with Crippen molar-refractivity contribution in [2.45, 2.75) is 25.6 Å². The van der Waals surface area contributed by atoms with Crippen molar-refractivity contribution in [1.82, 2.24) is 5.32 Å². The van der Waals surface area contributed by atoms with Gasteiger partial charge in [-0.25, -0.2) is 8.42 Å². The Kier molecular flexibility index (Phi) is 5.59. The first-order valence-corrected chi connectivity index (χ1v) is 10.3. The fourth-order valence-electron chi connectivity index (χ4n) is 2.31. The third-order valence-electron chi connectivity index (χ3n) is 3.45. The zero-order chi connectivity index (χ0) is 17.0. The molecule has 0 fully saturated rings. The van der Waals surface area contributed by atoms with Gasteiger partial charge in [-0.05, 0) is 35.1 Å². The molecule has 6 heteroatoms. The molecule has 0 saturated heterocycles. The van der Waals surface area contributed by atoms with Crippen LogP contribution in [0.2, 0.25) is 0 Å². The van der Waals surface area contributed by atoms with Crippen LogP contribution in [-0.4, -0.2) is 20.6 Å². The number of amides is 1. The van der Waals surface area contributed by atoms with Crippen LogP contribution in [-0.2, 0) is 15.6 Å². The van der Waals surface area contributed by atoms with Gasteiger partial charge in [-0.1, -0.05) is 32.0 Å². The quantitative estimate of drug-likeness (QED) is 0.867. The van der Waals surface area contributed by atoms with Crippen molar-refractivity contribution in [2.24, 2.45) is 5.92 Å². The molecule has 1 amide bonds. The second kappa shape index (κ2) is 7.27. The summed E-state index contributed by atoms with van der Waals surface area (Å²) in [6.45, 7) is 4.14. The van der Waals surface area contributed by atoms with Gasteiger partial charge in [0.1, 0.15) is 0 Å². The fourth-order valence-corrected chi connectivity index (χ4v) is 4.06.